The van der Waals surface area contributed by atoms with Gasteiger partial charge >= 0.3 is 0 Å². The van der Waals surface area contributed by atoms with Gasteiger partial charge in [0.05, 0.1) is 34.0 Å². The van der Waals surface area contributed by atoms with Crippen LogP contribution in [0, 0.1) is 6.92 Å². The van der Waals surface area contributed by atoms with Crippen molar-refractivity contribution in [3.8, 4) is 0 Å². The van der Waals surface area contributed by atoms with Crippen LogP contribution in [0.15, 0.2) is 17.9 Å². The SMILES string of the molecule is CCn1ncc2c(NC3CCOCC3)c(C(=O)NNC(=O)CCc3scnc3C)cnc21. The number of nitrogens with zero attached hydrogens (tertiary/aromatic N) is 4. The van der Waals surface area contributed by atoms with Gasteiger partial charge in [0, 0.05) is 43.3 Å². The average molecular weight is 458 g/mol. The molecule has 0 spiro atoms. The van der Waals surface area contributed by atoms with E-state index in [-0.39, 0.29) is 18.4 Å². The van der Waals surface area contributed by atoms with Crippen LogP contribution < -0.4 is 16.2 Å². The Hall–Kier alpha value is -3.05. The van der Waals surface area contributed by atoms with Crippen molar-refractivity contribution in [2.45, 2.75) is 52.1 Å². The lowest BCUT2D eigenvalue weighted by molar-refractivity contribution is -0.121. The number of hydrogen-bond acceptors (Lipinski definition) is 8. The van der Waals surface area contributed by atoms with E-state index in [1.54, 1.807) is 16.4 Å². The highest BCUT2D eigenvalue weighted by molar-refractivity contribution is 7.09. The number of aromatic nitrogens is 4. The maximum absolute atomic E-state index is 13.0. The molecule has 170 valence electrons. The second-order valence-electron chi connectivity index (χ2n) is 7.64. The van der Waals surface area contributed by atoms with Gasteiger partial charge in [-0.3, -0.25) is 20.4 Å². The Bertz CT molecular complexity index is 1100. The average Bonchev–Trinajstić information content (AvgIpc) is 3.42. The number of hydrogen-bond donors (Lipinski definition) is 3. The number of ether oxygens (including phenoxy) is 1. The van der Waals surface area contributed by atoms with Crippen LogP contribution >= 0.6 is 11.3 Å². The maximum atomic E-state index is 13.0. The Morgan fingerprint density at radius 1 is 1.22 bits per heavy atom. The zero-order chi connectivity index (χ0) is 22.5. The highest BCUT2D eigenvalue weighted by atomic mass is 32.1. The monoisotopic (exact) mass is 457 g/mol. The first-order valence-electron chi connectivity index (χ1n) is 10.7. The predicted octanol–water partition coefficient (Wildman–Crippen LogP) is 2.20. The number of carbonyl (C=O) groups is 2. The van der Waals surface area contributed by atoms with E-state index in [9.17, 15) is 9.59 Å². The third-order valence-corrected chi connectivity index (χ3v) is 6.51. The highest BCUT2D eigenvalue weighted by Crippen LogP contribution is 2.28. The molecule has 1 aliphatic heterocycles. The van der Waals surface area contributed by atoms with Crippen molar-refractivity contribution in [2.75, 3.05) is 18.5 Å². The maximum Gasteiger partial charge on any atom is 0.273 e. The van der Waals surface area contributed by atoms with Gasteiger partial charge in [-0.1, -0.05) is 0 Å². The van der Waals surface area contributed by atoms with Gasteiger partial charge in [0.2, 0.25) is 5.91 Å². The molecule has 11 heteroatoms. The Labute approximate surface area is 189 Å². The summed E-state index contributed by atoms with van der Waals surface area (Å²) in [7, 11) is 0. The van der Waals surface area contributed by atoms with Crippen molar-refractivity contribution in [1.29, 1.82) is 0 Å². The molecule has 1 saturated heterocycles. The van der Waals surface area contributed by atoms with Gasteiger partial charge in [0.15, 0.2) is 5.65 Å². The molecule has 0 unspecified atom stereocenters. The largest absolute Gasteiger partial charge is 0.381 e. The van der Waals surface area contributed by atoms with Crippen molar-refractivity contribution < 1.29 is 14.3 Å². The minimum atomic E-state index is -0.430. The summed E-state index contributed by atoms with van der Waals surface area (Å²) < 4.78 is 7.23. The number of nitrogens with one attached hydrogen (secondary N) is 3. The third kappa shape index (κ3) is 4.89. The fourth-order valence-corrected chi connectivity index (χ4v) is 4.46. The van der Waals surface area contributed by atoms with Crippen LogP contribution in [-0.4, -0.2) is 50.8 Å². The summed E-state index contributed by atoms with van der Waals surface area (Å²) in [4.78, 5) is 34.9. The van der Waals surface area contributed by atoms with E-state index in [4.69, 9.17) is 4.74 Å². The molecule has 32 heavy (non-hydrogen) atoms. The summed E-state index contributed by atoms with van der Waals surface area (Å²) in [6, 6.07) is 0.183. The zero-order valence-corrected chi connectivity index (χ0v) is 19.0. The van der Waals surface area contributed by atoms with E-state index >= 15 is 0 Å². The molecular weight excluding hydrogens is 430 g/mol. The van der Waals surface area contributed by atoms with Gasteiger partial charge in [-0.05, 0) is 33.1 Å². The second kappa shape index (κ2) is 10.0. The fraction of sp³-hybridized carbons (Fsp3) is 0.476. The summed E-state index contributed by atoms with van der Waals surface area (Å²) in [6.07, 6.45) is 5.79. The normalized spacial score (nSPS) is 14.4. The Morgan fingerprint density at radius 3 is 2.75 bits per heavy atom. The first kappa shape index (κ1) is 22.2. The smallest absolute Gasteiger partial charge is 0.273 e. The lowest BCUT2D eigenvalue weighted by atomic mass is 10.1. The van der Waals surface area contributed by atoms with Crippen LogP contribution in [0.4, 0.5) is 5.69 Å². The number of carbonyl (C=O) groups excluding carboxylic acids is 2. The standard InChI is InChI=1S/C21H27N7O3S/c1-3-28-20-15(11-24-28)19(25-14-6-8-31-9-7-14)16(10-22-20)21(30)27-26-18(29)5-4-17-13(2)23-12-32-17/h10-12,14H,3-9H2,1-2H3,(H,22,25)(H,26,29)(H,27,30). The summed E-state index contributed by atoms with van der Waals surface area (Å²) in [6.45, 7) is 5.94. The number of aryl methyl sites for hydroxylation is 3. The van der Waals surface area contributed by atoms with Crippen LogP contribution in [0.1, 0.15) is 47.1 Å². The first-order valence-corrected chi connectivity index (χ1v) is 11.6. The van der Waals surface area contributed by atoms with Crippen molar-refractivity contribution in [1.82, 2.24) is 30.6 Å². The van der Waals surface area contributed by atoms with Gasteiger partial charge in [0.1, 0.15) is 0 Å². The minimum absolute atomic E-state index is 0.183. The number of amides is 2. The molecule has 0 aliphatic carbocycles. The minimum Gasteiger partial charge on any atom is -0.381 e. The number of anilines is 1. The number of hydrazine groups is 1. The fourth-order valence-electron chi connectivity index (χ4n) is 3.68. The molecule has 1 fully saturated rings. The van der Waals surface area contributed by atoms with Crippen molar-refractivity contribution in [3.63, 3.8) is 0 Å². The number of fused-ring (bicyclic) bond motifs is 1. The molecule has 3 N–H and O–H groups in total. The molecule has 0 saturated carbocycles. The highest BCUT2D eigenvalue weighted by Gasteiger charge is 2.22. The molecule has 0 bridgehead atoms. The molecular formula is C21H27N7O3S. The summed E-state index contributed by atoms with van der Waals surface area (Å²) in [5.41, 5.74) is 9.47. The molecule has 0 atom stereocenters. The molecule has 4 rings (SSSR count). The van der Waals surface area contributed by atoms with Gasteiger partial charge in [-0.15, -0.1) is 11.3 Å². The second-order valence-corrected chi connectivity index (χ2v) is 8.58. The van der Waals surface area contributed by atoms with Crippen LogP contribution in [0.25, 0.3) is 11.0 Å². The Balaban J connectivity index is 1.47. The van der Waals surface area contributed by atoms with Crippen LogP contribution in [0.2, 0.25) is 0 Å². The Morgan fingerprint density at radius 2 is 2.03 bits per heavy atom. The predicted molar refractivity (Wildman–Crippen MR) is 121 cm³/mol. The lowest BCUT2D eigenvalue weighted by Crippen LogP contribution is -2.42. The van der Waals surface area contributed by atoms with E-state index in [1.807, 2.05) is 13.8 Å². The quantitative estimate of drug-likeness (QED) is 0.465. The van der Waals surface area contributed by atoms with Gasteiger partial charge in [-0.2, -0.15) is 5.10 Å². The summed E-state index contributed by atoms with van der Waals surface area (Å²) >= 11 is 1.52. The van der Waals surface area contributed by atoms with Crippen LogP contribution in [-0.2, 0) is 22.5 Å². The lowest BCUT2D eigenvalue weighted by Gasteiger charge is -2.25. The molecule has 4 heterocycles. The summed E-state index contributed by atoms with van der Waals surface area (Å²) in [5, 5.41) is 8.65. The van der Waals surface area contributed by atoms with Gasteiger partial charge in [-0.25, -0.2) is 14.6 Å². The molecule has 3 aromatic heterocycles. The van der Waals surface area contributed by atoms with Crippen LogP contribution in [0.3, 0.4) is 0 Å². The molecule has 10 nitrogen and oxygen atoms in total. The molecule has 0 radical (unpaired) electrons. The van der Waals surface area contributed by atoms with Crippen molar-refractivity contribution >= 4 is 39.9 Å². The first-order chi connectivity index (χ1) is 15.6. The van der Waals surface area contributed by atoms with Crippen LogP contribution in [0.5, 0.6) is 0 Å². The summed E-state index contributed by atoms with van der Waals surface area (Å²) in [5.74, 6) is -0.696. The van der Waals surface area contributed by atoms with Crippen molar-refractivity contribution in [2.24, 2.45) is 0 Å². The van der Waals surface area contributed by atoms with Crippen molar-refractivity contribution in [3.05, 3.63) is 34.0 Å². The zero-order valence-electron chi connectivity index (χ0n) is 18.2. The van der Waals surface area contributed by atoms with E-state index in [0.29, 0.717) is 43.1 Å². The Kier molecular flexibility index (Phi) is 6.96. The van der Waals surface area contributed by atoms with E-state index in [1.165, 1.54) is 17.5 Å². The third-order valence-electron chi connectivity index (χ3n) is 5.52. The topological polar surface area (TPSA) is 123 Å². The number of pyridine rings is 1. The molecule has 1 aliphatic rings. The number of thiazole rings is 1. The van der Waals surface area contributed by atoms with E-state index in [2.05, 4.69) is 31.2 Å². The molecule has 2 amide bonds. The number of rotatable bonds is 7. The molecule has 0 aromatic carbocycles. The van der Waals surface area contributed by atoms with Gasteiger partial charge < -0.3 is 10.1 Å². The van der Waals surface area contributed by atoms with Gasteiger partial charge in [0.25, 0.3) is 5.91 Å². The van der Waals surface area contributed by atoms with E-state index in [0.717, 1.165) is 28.8 Å². The molecule has 3 aromatic rings. The van der Waals surface area contributed by atoms with E-state index < -0.39 is 5.91 Å².